The molecule has 2 aromatic heterocycles. The molecule has 2 amide bonds. The number of anilines is 2. The van der Waals surface area contributed by atoms with Crippen LogP contribution >= 0.6 is 11.6 Å². The van der Waals surface area contributed by atoms with Crippen LogP contribution in [0.15, 0.2) is 60.9 Å². The third-order valence-corrected chi connectivity index (χ3v) is 6.99. The maximum atomic E-state index is 12.9. The molecule has 0 bridgehead atoms. The number of carbonyl (C=O) groups is 2. The van der Waals surface area contributed by atoms with Crippen molar-refractivity contribution in [2.24, 2.45) is 7.05 Å². The monoisotopic (exact) mass is 514 g/mol. The zero-order valence-electron chi connectivity index (χ0n) is 20.7. The van der Waals surface area contributed by atoms with Gasteiger partial charge in [-0.25, -0.2) is 9.97 Å². The zero-order valence-corrected chi connectivity index (χ0v) is 21.5. The van der Waals surface area contributed by atoms with Crippen LogP contribution < -0.4 is 11.1 Å². The van der Waals surface area contributed by atoms with Crippen LogP contribution in [0.3, 0.4) is 0 Å². The van der Waals surface area contributed by atoms with Crippen LogP contribution in [0.25, 0.3) is 33.4 Å². The van der Waals surface area contributed by atoms with Gasteiger partial charge in [-0.05, 0) is 49.6 Å². The van der Waals surface area contributed by atoms with Crippen molar-refractivity contribution in [3.05, 3.63) is 71.5 Å². The smallest absolute Gasteiger partial charge is 0.253 e. The van der Waals surface area contributed by atoms with Crippen molar-refractivity contribution in [3.63, 3.8) is 0 Å². The highest BCUT2D eigenvalue weighted by Gasteiger charge is 2.25. The van der Waals surface area contributed by atoms with Crippen molar-refractivity contribution in [3.8, 4) is 22.4 Å². The average Bonchev–Trinajstić information content (AvgIpc) is 3.52. The summed E-state index contributed by atoms with van der Waals surface area (Å²) in [7, 11) is 1.91. The van der Waals surface area contributed by atoms with Crippen molar-refractivity contribution >= 4 is 46.0 Å². The first-order valence-electron chi connectivity index (χ1n) is 12.0. The Morgan fingerprint density at radius 1 is 1.08 bits per heavy atom. The van der Waals surface area contributed by atoms with Crippen LogP contribution in [0.1, 0.15) is 30.1 Å². The number of fused-ring (bicyclic) bond motifs is 1. The Hall–Kier alpha value is -4.17. The predicted molar refractivity (Wildman–Crippen MR) is 147 cm³/mol. The van der Waals surface area contributed by atoms with Gasteiger partial charge in [0, 0.05) is 53.1 Å². The van der Waals surface area contributed by atoms with Gasteiger partial charge in [-0.15, -0.1) is 0 Å². The summed E-state index contributed by atoms with van der Waals surface area (Å²) in [6.45, 7) is 6.87. The lowest BCUT2D eigenvalue weighted by atomic mass is 9.97. The second kappa shape index (κ2) is 9.71. The number of nitrogen functional groups attached to an aromatic ring is 1. The van der Waals surface area contributed by atoms with Crippen LogP contribution in [0.2, 0.25) is 5.02 Å². The lowest BCUT2D eigenvalue weighted by molar-refractivity contribution is -0.112. The van der Waals surface area contributed by atoms with Gasteiger partial charge in [0.25, 0.3) is 11.8 Å². The second-order valence-electron chi connectivity index (χ2n) is 9.25. The number of hydrogen-bond acceptors (Lipinski definition) is 5. The van der Waals surface area contributed by atoms with Crippen LogP contribution in [0, 0.1) is 0 Å². The molecule has 1 fully saturated rings. The largest absolute Gasteiger partial charge is 0.383 e. The average molecular weight is 515 g/mol. The summed E-state index contributed by atoms with van der Waals surface area (Å²) < 4.78 is 1.95. The van der Waals surface area contributed by atoms with Gasteiger partial charge in [0.15, 0.2) is 0 Å². The van der Waals surface area contributed by atoms with Gasteiger partial charge in [-0.3, -0.25) is 9.59 Å². The first kappa shape index (κ1) is 24.5. The molecule has 3 N–H and O–H groups in total. The van der Waals surface area contributed by atoms with E-state index in [0.29, 0.717) is 38.7 Å². The third kappa shape index (κ3) is 4.44. The normalized spacial score (nSPS) is 13.2. The number of nitrogens with zero attached hydrogens (tertiary/aromatic N) is 4. The van der Waals surface area contributed by atoms with Gasteiger partial charge < -0.3 is 20.5 Å². The molecule has 0 aliphatic carbocycles. The van der Waals surface area contributed by atoms with Gasteiger partial charge in [0.2, 0.25) is 0 Å². The summed E-state index contributed by atoms with van der Waals surface area (Å²) in [6.07, 6.45) is 3.47. The summed E-state index contributed by atoms with van der Waals surface area (Å²) >= 11 is 6.83. The molecule has 0 atom stereocenters. The molecule has 1 saturated heterocycles. The molecule has 3 heterocycles. The summed E-state index contributed by atoms with van der Waals surface area (Å²) in [5.74, 6) is 0.0799. The molecule has 2 aromatic carbocycles. The van der Waals surface area contributed by atoms with Crippen molar-refractivity contribution in [2.45, 2.75) is 19.8 Å². The molecule has 4 aromatic rings. The Morgan fingerprint density at radius 3 is 2.43 bits per heavy atom. The summed E-state index contributed by atoms with van der Waals surface area (Å²) in [6, 6.07) is 12.9. The molecule has 0 unspecified atom stereocenters. The number of benzene rings is 2. The maximum absolute atomic E-state index is 12.9. The number of hydrogen-bond donors (Lipinski definition) is 2. The van der Waals surface area contributed by atoms with E-state index in [1.165, 1.54) is 6.33 Å². The minimum atomic E-state index is -0.239. The van der Waals surface area contributed by atoms with Gasteiger partial charge in [-0.1, -0.05) is 36.4 Å². The molecule has 0 saturated carbocycles. The Bertz CT molecular complexity index is 1550. The number of aromatic nitrogens is 3. The van der Waals surface area contributed by atoms with E-state index in [9.17, 15) is 9.59 Å². The Morgan fingerprint density at radius 2 is 1.78 bits per heavy atom. The first-order chi connectivity index (χ1) is 17.8. The summed E-state index contributed by atoms with van der Waals surface area (Å²) in [5, 5.41) is 3.94. The van der Waals surface area contributed by atoms with Gasteiger partial charge >= 0.3 is 0 Å². The van der Waals surface area contributed by atoms with E-state index in [1.54, 1.807) is 19.1 Å². The molecular weight excluding hydrogens is 488 g/mol. The number of nitrogens with two attached hydrogens (primary N) is 1. The van der Waals surface area contributed by atoms with Crippen molar-refractivity contribution in [1.29, 1.82) is 0 Å². The molecule has 37 heavy (non-hydrogen) atoms. The minimum absolute atomic E-state index is 0.0145. The fourth-order valence-electron chi connectivity index (χ4n) is 4.78. The van der Waals surface area contributed by atoms with Crippen molar-refractivity contribution in [2.75, 3.05) is 24.1 Å². The lowest BCUT2D eigenvalue weighted by Crippen LogP contribution is -2.27. The van der Waals surface area contributed by atoms with E-state index in [2.05, 4.69) is 21.9 Å². The van der Waals surface area contributed by atoms with E-state index in [1.807, 2.05) is 46.8 Å². The van der Waals surface area contributed by atoms with E-state index in [0.717, 1.165) is 48.3 Å². The molecule has 5 rings (SSSR count). The van der Waals surface area contributed by atoms with Crippen molar-refractivity contribution < 1.29 is 9.59 Å². The first-order valence-corrected chi connectivity index (χ1v) is 12.4. The fraction of sp³-hybridized carbons (Fsp3) is 0.214. The van der Waals surface area contributed by atoms with Gasteiger partial charge in [0.1, 0.15) is 17.8 Å². The van der Waals surface area contributed by atoms with E-state index in [4.69, 9.17) is 17.3 Å². The number of aryl methyl sites for hydroxylation is 1. The Kier molecular flexibility index (Phi) is 6.43. The number of rotatable bonds is 5. The summed E-state index contributed by atoms with van der Waals surface area (Å²) in [4.78, 5) is 35.5. The highest BCUT2D eigenvalue weighted by molar-refractivity contribution is 6.34. The number of carbonyl (C=O) groups excluding carboxylic acids is 2. The molecule has 9 heteroatoms. The summed E-state index contributed by atoms with van der Waals surface area (Å²) in [5.41, 5.74) is 11.8. The van der Waals surface area contributed by atoms with E-state index < -0.39 is 0 Å². The maximum Gasteiger partial charge on any atom is 0.253 e. The minimum Gasteiger partial charge on any atom is -0.383 e. The van der Waals surface area contributed by atoms with Gasteiger partial charge in [-0.2, -0.15) is 0 Å². The van der Waals surface area contributed by atoms with Crippen molar-refractivity contribution in [1.82, 2.24) is 19.4 Å². The number of likely N-dealkylation sites (tertiary alicyclic amines) is 1. The molecule has 0 spiro atoms. The standard InChI is InChI=1S/C28H27ClN6O2/c1-16(2)27(36)33-19-9-6-17(7-10-19)24-22(23-25(30)31-15-32-26(23)34(24)3)20-11-8-18(14-21(20)29)28(37)35-12-4-5-13-35/h6-11,14-15H,1,4-5,12-13H2,2-3H3,(H,33,36)(H2,30,31,32). The number of nitrogens with one attached hydrogen (secondary N) is 1. The third-order valence-electron chi connectivity index (χ3n) is 6.68. The molecule has 1 aliphatic heterocycles. The van der Waals surface area contributed by atoms with Gasteiger partial charge in [0.05, 0.1) is 11.1 Å². The molecular formula is C28H27ClN6O2. The quantitative estimate of drug-likeness (QED) is 0.352. The SMILES string of the molecule is C=C(C)C(=O)Nc1ccc(-c2c(-c3ccc(C(=O)N4CCCC4)cc3Cl)c3c(N)ncnc3n2C)cc1. The highest BCUT2D eigenvalue weighted by atomic mass is 35.5. The Labute approximate surface area is 219 Å². The predicted octanol–water partition coefficient (Wildman–Crippen LogP) is 5.29. The highest BCUT2D eigenvalue weighted by Crippen LogP contribution is 2.44. The zero-order chi connectivity index (χ0) is 26.3. The number of halogens is 1. The molecule has 8 nitrogen and oxygen atoms in total. The Balaban J connectivity index is 1.63. The van der Waals surface area contributed by atoms with Crippen LogP contribution in [0.4, 0.5) is 11.5 Å². The van der Waals surface area contributed by atoms with Crippen LogP contribution in [0.5, 0.6) is 0 Å². The van der Waals surface area contributed by atoms with Crippen LogP contribution in [-0.2, 0) is 11.8 Å². The topological polar surface area (TPSA) is 106 Å². The van der Waals surface area contributed by atoms with Crippen LogP contribution in [-0.4, -0.2) is 44.3 Å². The number of amides is 2. The second-order valence-corrected chi connectivity index (χ2v) is 9.65. The molecule has 1 aliphatic rings. The fourth-order valence-corrected chi connectivity index (χ4v) is 5.05. The molecule has 188 valence electrons. The van der Waals surface area contributed by atoms with E-state index in [-0.39, 0.29) is 11.8 Å². The van der Waals surface area contributed by atoms with E-state index >= 15 is 0 Å². The lowest BCUT2D eigenvalue weighted by Gasteiger charge is -2.16. The molecule has 0 radical (unpaired) electrons.